The summed E-state index contributed by atoms with van der Waals surface area (Å²) >= 11 is 5.65. The Hall–Kier alpha value is -1.02. The van der Waals surface area contributed by atoms with Crippen LogP contribution in [0.4, 0.5) is 0 Å². The molecule has 1 rings (SSSR count). The standard InChI is InChI=1S/C15H22ClNO/c1-11(2)14-7-5-6-13(8-14)10-17(12(3)4)15(18)9-16/h5-8,11-12H,9-10H2,1-4H3. The van der Waals surface area contributed by atoms with E-state index in [-0.39, 0.29) is 17.8 Å². The van der Waals surface area contributed by atoms with E-state index in [1.54, 1.807) is 0 Å². The van der Waals surface area contributed by atoms with E-state index in [4.69, 9.17) is 11.6 Å². The molecule has 0 atom stereocenters. The lowest BCUT2D eigenvalue weighted by atomic mass is 10.0. The van der Waals surface area contributed by atoms with Crippen LogP contribution < -0.4 is 0 Å². The Morgan fingerprint density at radius 1 is 1.28 bits per heavy atom. The Balaban J connectivity index is 2.87. The molecule has 0 unspecified atom stereocenters. The van der Waals surface area contributed by atoms with Gasteiger partial charge >= 0.3 is 0 Å². The fourth-order valence-electron chi connectivity index (χ4n) is 1.88. The maximum atomic E-state index is 11.8. The van der Waals surface area contributed by atoms with Gasteiger partial charge in [-0.3, -0.25) is 4.79 Å². The van der Waals surface area contributed by atoms with Gasteiger partial charge in [0.25, 0.3) is 0 Å². The first-order valence-electron chi connectivity index (χ1n) is 6.40. The number of carbonyl (C=O) groups excluding carboxylic acids is 1. The van der Waals surface area contributed by atoms with E-state index in [0.29, 0.717) is 12.5 Å². The predicted octanol–water partition coefficient (Wildman–Crippen LogP) is 3.79. The molecule has 2 nitrogen and oxygen atoms in total. The molecule has 0 saturated heterocycles. The molecule has 0 spiro atoms. The average molecular weight is 268 g/mol. The summed E-state index contributed by atoms with van der Waals surface area (Å²) in [6.07, 6.45) is 0. The third-order valence-electron chi connectivity index (χ3n) is 3.03. The van der Waals surface area contributed by atoms with Gasteiger partial charge in [-0.15, -0.1) is 11.6 Å². The number of alkyl halides is 1. The first-order chi connectivity index (χ1) is 8.45. The lowest BCUT2D eigenvalue weighted by Crippen LogP contribution is -2.37. The largest absolute Gasteiger partial charge is 0.335 e. The fraction of sp³-hybridized carbons (Fsp3) is 0.533. The summed E-state index contributed by atoms with van der Waals surface area (Å²) in [6.45, 7) is 8.99. The van der Waals surface area contributed by atoms with Gasteiger partial charge in [0.1, 0.15) is 5.88 Å². The molecule has 100 valence electrons. The van der Waals surface area contributed by atoms with Crippen LogP contribution in [0.1, 0.15) is 44.7 Å². The van der Waals surface area contributed by atoms with Crippen LogP contribution in [-0.2, 0) is 11.3 Å². The zero-order chi connectivity index (χ0) is 13.7. The normalized spacial score (nSPS) is 11.1. The summed E-state index contributed by atoms with van der Waals surface area (Å²) in [4.78, 5) is 13.6. The van der Waals surface area contributed by atoms with E-state index in [9.17, 15) is 4.79 Å². The first kappa shape index (κ1) is 15.0. The number of hydrogen-bond donors (Lipinski definition) is 0. The van der Waals surface area contributed by atoms with Crippen molar-refractivity contribution in [2.24, 2.45) is 0 Å². The molecule has 0 bridgehead atoms. The highest BCUT2D eigenvalue weighted by Crippen LogP contribution is 2.17. The summed E-state index contributed by atoms with van der Waals surface area (Å²) in [5.41, 5.74) is 2.46. The average Bonchev–Trinajstić information content (AvgIpc) is 2.35. The van der Waals surface area contributed by atoms with Crippen molar-refractivity contribution < 1.29 is 4.79 Å². The smallest absolute Gasteiger partial charge is 0.238 e. The van der Waals surface area contributed by atoms with E-state index >= 15 is 0 Å². The van der Waals surface area contributed by atoms with Gasteiger partial charge in [-0.2, -0.15) is 0 Å². The van der Waals surface area contributed by atoms with Crippen LogP contribution in [0.3, 0.4) is 0 Å². The molecule has 1 amide bonds. The highest BCUT2D eigenvalue weighted by molar-refractivity contribution is 6.27. The second-order valence-corrected chi connectivity index (χ2v) is 5.42. The molecule has 1 aromatic rings. The van der Waals surface area contributed by atoms with Gasteiger partial charge < -0.3 is 4.90 Å². The van der Waals surface area contributed by atoms with Gasteiger partial charge in [-0.25, -0.2) is 0 Å². The number of benzene rings is 1. The van der Waals surface area contributed by atoms with Gasteiger partial charge in [0.05, 0.1) is 0 Å². The van der Waals surface area contributed by atoms with Crippen molar-refractivity contribution in [1.29, 1.82) is 0 Å². The second kappa shape index (κ2) is 6.79. The number of carbonyl (C=O) groups is 1. The SMILES string of the molecule is CC(C)c1cccc(CN(C(=O)CCl)C(C)C)c1. The van der Waals surface area contributed by atoms with Crippen LogP contribution >= 0.6 is 11.6 Å². The van der Waals surface area contributed by atoms with E-state index < -0.39 is 0 Å². The number of amides is 1. The molecule has 0 fully saturated rings. The molecular formula is C15H22ClNO. The molecule has 0 aliphatic rings. The predicted molar refractivity (Wildman–Crippen MR) is 76.9 cm³/mol. The summed E-state index contributed by atoms with van der Waals surface area (Å²) < 4.78 is 0. The number of rotatable bonds is 5. The summed E-state index contributed by atoms with van der Waals surface area (Å²) in [6, 6.07) is 8.56. The van der Waals surface area contributed by atoms with Crippen LogP contribution in [0.5, 0.6) is 0 Å². The van der Waals surface area contributed by atoms with E-state index in [1.165, 1.54) is 5.56 Å². The number of hydrogen-bond acceptors (Lipinski definition) is 1. The van der Waals surface area contributed by atoms with Crippen LogP contribution in [0.25, 0.3) is 0 Å². The number of halogens is 1. The summed E-state index contributed by atoms with van der Waals surface area (Å²) in [5, 5.41) is 0. The molecule has 0 saturated carbocycles. The molecule has 0 N–H and O–H groups in total. The van der Waals surface area contributed by atoms with Crippen molar-refractivity contribution in [1.82, 2.24) is 4.90 Å². The van der Waals surface area contributed by atoms with Crippen molar-refractivity contribution in [2.45, 2.75) is 46.2 Å². The molecular weight excluding hydrogens is 246 g/mol. The molecule has 0 aliphatic heterocycles. The minimum atomic E-state index is -0.0124. The Kier molecular flexibility index (Phi) is 5.67. The lowest BCUT2D eigenvalue weighted by Gasteiger charge is -2.26. The monoisotopic (exact) mass is 267 g/mol. The summed E-state index contributed by atoms with van der Waals surface area (Å²) in [5.74, 6) is 0.532. The third kappa shape index (κ3) is 4.02. The quantitative estimate of drug-likeness (QED) is 0.744. The maximum Gasteiger partial charge on any atom is 0.238 e. The van der Waals surface area contributed by atoms with Crippen molar-refractivity contribution in [3.05, 3.63) is 35.4 Å². The van der Waals surface area contributed by atoms with Gasteiger partial charge in [-0.05, 0) is 30.9 Å². The number of nitrogens with zero attached hydrogens (tertiary/aromatic N) is 1. The van der Waals surface area contributed by atoms with E-state index in [0.717, 1.165) is 5.56 Å². The maximum absolute atomic E-state index is 11.8. The first-order valence-corrected chi connectivity index (χ1v) is 6.93. The van der Waals surface area contributed by atoms with Crippen molar-refractivity contribution in [3.63, 3.8) is 0 Å². The van der Waals surface area contributed by atoms with Crippen LogP contribution in [0.2, 0.25) is 0 Å². The minimum absolute atomic E-state index is 0.0124. The van der Waals surface area contributed by atoms with Crippen LogP contribution in [0, 0.1) is 0 Å². The van der Waals surface area contributed by atoms with Gasteiger partial charge in [-0.1, -0.05) is 38.1 Å². The highest BCUT2D eigenvalue weighted by atomic mass is 35.5. The Morgan fingerprint density at radius 3 is 2.44 bits per heavy atom. The molecule has 0 heterocycles. The zero-order valence-electron chi connectivity index (χ0n) is 11.6. The summed E-state index contributed by atoms with van der Waals surface area (Å²) in [7, 11) is 0. The molecule has 18 heavy (non-hydrogen) atoms. The molecule has 0 aromatic heterocycles. The minimum Gasteiger partial charge on any atom is -0.335 e. The van der Waals surface area contributed by atoms with Crippen LogP contribution in [-0.4, -0.2) is 22.7 Å². The Labute approximate surface area is 115 Å². The van der Waals surface area contributed by atoms with Gasteiger partial charge in [0.2, 0.25) is 5.91 Å². The van der Waals surface area contributed by atoms with Crippen molar-refractivity contribution in [3.8, 4) is 0 Å². The Morgan fingerprint density at radius 2 is 1.94 bits per heavy atom. The second-order valence-electron chi connectivity index (χ2n) is 5.15. The fourth-order valence-corrected chi connectivity index (χ4v) is 2.04. The van der Waals surface area contributed by atoms with E-state index in [1.807, 2.05) is 24.8 Å². The molecule has 0 aliphatic carbocycles. The van der Waals surface area contributed by atoms with Gasteiger partial charge in [0, 0.05) is 12.6 Å². The zero-order valence-corrected chi connectivity index (χ0v) is 12.4. The van der Waals surface area contributed by atoms with Crippen molar-refractivity contribution in [2.75, 3.05) is 5.88 Å². The van der Waals surface area contributed by atoms with Crippen molar-refractivity contribution >= 4 is 17.5 Å². The molecule has 3 heteroatoms. The van der Waals surface area contributed by atoms with Gasteiger partial charge in [0.15, 0.2) is 0 Å². The Bertz CT molecular complexity index is 401. The third-order valence-corrected chi connectivity index (χ3v) is 3.26. The van der Waals surface area contributed by atoms with Crippen LogP contribution in [0.15, 0.2) is 24.3 Å². The topological polar surface area (TPSA) is 20.3 Å². The molecule has 1 aromatic carbocycles. The van der Waals surface area contributed by atoms with E-state index in [2.05, 4.69) is 32.0 Å². The molecule has 0 radical (unpaired) electrons. The lowest BCUT2D eigenvalue weighted by molar-refractivity contribution is -0.130. The highest BCUT2D eigenvalue weighted by Gasteiger charge is 2.16.